The van der Waals surface area contributed by atoms with Crippen molar-refractivity contribution in [3.8, 4) is 11.5 Å². The molecule has 5 rings (SSSR count). The summed E-state index contributed by atoms with van der Waals surface area (Å²) in [5.74, 6) is 0.0802. The second-order valence-electron chi connectivity index (χ2n) is 7.00. The highest BCUT2D eigenvalue weighted by molar-refractivity contribution is 7.80. The van der Waals surface area contributed by atoms with Crippen LogP contribution in [-0.4, -0.2) is 16.0 Å². The summed E-state index contributed by atoms with van der Waals surface area (Å²) in [6.07, 6.45) is 0. The number of hydrogen-bond donors (Lipinski definition) is 2. The van der Waals surface area contributed by atoms with Gasteiger partial charge in [-0.3, -0.25) is 10.1 Å². The molecule has 10 heteroatoms. The number of nitrogens with zero attached hydrogens (tertiary/aromatic N) is 1. The van der Waals surface area contributed by atoms with Crippen molar-refractivity contribution in [3.63, 3.8) is 0 Å². The first-order valence-corrected chi connectivity index (χ1v) is 11.9. The van der Waals surface area contributed by atoms with E-state index >= 15 is 0 Å². The summed E-state index contributed by atoms with van der Waals surface area (Å²) in [6, 6.07) is 17.9. The van der Waals surface area contributed by atoms with Crippen molar-refractivity contribution in [2.75, 3.05) is 5.32 Å². The van der Waals surface area contributed by atoms with Crippen LogP contribution >= 0.6 is 58.4 Å². The quantitative estimate of drug-likeness (QED) is 0.232. The van der Waals surface area contributed by atoms with Crippen LogP contribution < -0.4 is 10.6 Å². The second-order valence-corrected chi connectivity index (χ2v) is 9.71. The Bertz CT molecular complexity index is 1540. The molecule has 0 spiro atoms. The summed E-state index contributed by atoms with van der Waals surface area (Å²) in [5.41, 5.74) is 2.73. The van der Waals surface area contributed by atoms with E-state index in [2.05, 4.69) is 15.6 Å². The lowest BCUT2D eigenvalue weighted by Gasteiger charge is -2.08. The zero-order chi connectivity index (χ0) is 23.1. The molecule has 5 nitrogen and oxygen atoms in total. The van der Waals surface area contributed by atoms with Crippen molar-refractivity contribution < 1.29 is 9.21 Å². The lowest BCUT2D eigenvalue weighted by atomic mass is 10.2. The van der Waals surface area contributed by atoms with E-state index in [1.165, 1.54) is 11.3 Å². The molecule has 0 bridgehead atoms. The van der Waals surface area contributed by atoms with Gasteiger partial charge in [0.25, 0.3) is 5.91 Å². The third-order valence-corrected chi connectivity index (χ3v) is 7.11. The maximum Gasteiger partial charge on any atom is 0.269 e. The number of anilines is 1. The topological polar surface area (TPSA) is 67.2 Å². The number of halogens is 3. The fourth-order valence-electron chi connectivity index (χ4n) is 3.23. The van der Waals surface area contributed by atoms with Gasteiger partial charge in [0.1, 0.15) is 10.4 Å². The minimum Gasteiger partial charge on any atom is -0.436 e. The number of fused-ring (bicyclic) bond motifs is 2. The summed E-state index contributed by atoms with van der Waals surface area (Å²) >= 11 is 24.9. The predicted molar refractivity (Wildman–Crippen MR) is 140 cm³/mol. The maximum absolute atomic E-state index is 12.7. The van der Waals surface area contributed by atoms with Crippen LogP contribution in [0.4, 0.5) is 5.69 Å². The number of oxazole rings is 1. The molecular weight excluding hydrogens is 521 g/mol. The minimum atomic E-state index is -0.401. The molecular formula is C23H12Cl3N3O2S2. The normalized spacial score (nSPS) is 11.1. The smallest absolute Gasteiger partial charge is 0.269 e. The average Bonchev–Trinajstić information content (AvgIpc) is 3.34. The summed E-state index contributed by atoms with van der Waals surface area (Å²) in [6.45, 7) is 0. The van der Waals surface area contributed by atoms with Crippen LogP contribution in [0.3, 0.4) is 0 Å². The van der Waals surface area contributed by atoms with Crippen molar-refractivity contribution >= 4 is 96.3 Å². The van der Waals surface area contributed by atoms with Gasteiger partial charge in [-0.2, -0.15) is 0 Å². The molecule has 0 fully saturated rings. The first-order chi connectivity index (χ1) is 15.9. The molecule has 164 valence electrons. The number of nitrogens with one attached hydrogen (secondary N) is 2. The Morgan fingerprint density at radius 2 is 1.73 bits per heavy atom. The number of carbonyl (C=O) groups is 1. The van der Waals surface area contributed by atoms with Crippen molar-refractivity contribution in [2.24, 2.45) is 0 Å². The number of thiophene rings is 1. The van der Waals surface area contributed by atoms with Gasteiger partial charge in [-0.15, -0.1) is 11.3 Å². The Hall–Kier alpha value is -2.68. The number of amides is 1. The average molecular weight is 533 g/mol. The molecule has 2 heterocycles. The number of benzene rings is 3. The first kappa shape index (κ1) is 22.1. The van der Waals surface area contributed by atoms with Gasteiger partial charge in [-0.05, 0) is 66.8 Å². The molecule has 0 atom stereocenters. The monoisotopic (exact) mass is 531 g/mol. The van der Waals surface area contributed by atoms with E-state index < -0.39 is 5.91 Å². The van der Waals surface area contributed by atoms with Crippen molar-refractivity contribution in [3.05, 3.63) is 80.6 Å². The molecule has 2 N–H and O–H groups in total. The molecule has 0 unspecified atom stereocenters. The zero-order valence-corrected chi connectivity index (χ0v) is 20.4. The van der Waals surface area contributed by atoms with Crippen LogP contribution in [0.5, 0.6) is 0 Å². The minimum absolute atomic E-state index is 0.132. The highest BCUT2D eigenvalue weighted by Gasteiger charge is 2.18. The number of rotatable bonds is 3. The van der Waals surface area contributed by atoms with Crippen LogP contribution in [0.25, 0.3) is 32.6 Å². The largest absolute Gasteiger partial charge is 0.436 e. The van der Waals surface area contributed by atoms with Crippen molar-refractivity contribution in [2.45, 2.75) is 0 Å². The van der Waals surface area contributed by atoms with Gasteiger partial charge >= 0.3 is 0 Å². The molecule has 1 amide bonds. The van der Waals surface area contributed by atoms with E-state index in [1.807, 2.05) is 12.1 Å². The van der Waals surface area contributed by atoms with E-state index in [9.17, 15) is 4.79 Å². The lowest BCUT2D eigenvalue weighted by Crippen LogP contribution is -2.33. The van der Waals surface area contributed by atoms with Gasteiger partial charge in [0, 0.05) is 31.4 Å². The lowest BCUT2D eigenvalue weighted by molar-refractivity contribution is 0.0982. The van der Waals surface area contributed by atoms with Crippen LogP contribution in [0.1, 0.15) is 9.67 Å². The third kappa shape index (κ3) is 4.55. The molecule has 2 aromatic heterocycles. The molecule has 0 aliphatic rings. The molecule has 0 aliphatic heterocycles. The van der Waals surface area contributed by atoms with Gasteiger partial charge in [-0.25, -0.2) is 4.98 Å². The number of thiocarbonyl (C=S) groups is 1. The van der Waals surface area contributed by atoms with Crippen LogP contribution in [0.2, 0.25) is 15.1 Å². The Morgan fingerprint density at radius 1 is 0.970 bits per heavy atom. The highest BCUT2D eigenvalue weighted by atomic mass is 35.5. The standard InChI is InChI=1S/C23H12Cl3N3O2S2/c24-12-3-1-11(2-4-12)22-28-16-10-14(6-8-17(16)31-22)27-23(32)29-21(30)20-19(26)15-7-5-13(25)9-18(15)33-20/h1-10H,(H2,27,29,30,32). The molecule has 0 saturated heterocycles. The molecule has 5 aromatic rings. The third-order valence-electron chi connectivity index (χ3n) is 4.76. The fourth-order valence-corrected chi connectivity index (χ4v) is 5.25. The van der Waals surface area contributed by atoms with E-state index in [4.69, 9.17) is 51.4 Å². The van der Waals surface area contributed by atoms with Crippen LogP contribution in [0, 0.1) is 0 Å². The SMILES string of the molecule is O=C(NC(=S)Nc1ccc2oc(-c3ccc(Cl)cc3)nc2c1)c1sc2cc(Cl)ccc2c1Cl. The van der Waals surface area contributed by atoms with E-state index in [-0.39, 0.29) is 5.11 Å². The fraction of sp³-hybridized carbons (Fsp3) is 0. The van der Waals surface area contributed by atoms with E-state index in [1.54, 1.807) is 48.5 Å². The van der Waals surface area contributed by atoms with Crippen LogP contribution in [-0.2, 0) is 0 Å². The van der Waals surface area contributed by atoms with Gasteiger partial charge in [0.05, 0.1) is 5.02 Å². The number of carbonyl (C=O) groups excluding carboxylic acids is 1. The number of hydrogen-bond acceptors (Lipinski definition) is 5. The Kier molecular flexibility index (Phi) is 5.99. The Labute approximate surface area is 212 Å². The number of aromatic nitrogens is 1. The predicted octanol–water partition coefficient (Wildman–Crippen LogP) is 7.80. The highest BCUT2D eigenvalue weighted by Crippen LogP contribution is 2.36. The van der Waals surface area contributed by atoms with Crippen molar-refractivity contribution in [1.29, 1.82) is 0 Å². The van der Waals surface area contributed by atoms with Gasteiger partial charge in [-0.1, -0.05) is 40.9 Å². The van der Waals surface area contributed by atoms with Gasteiger partial charge in [0.15, 0.2) is 10.7 Å². The molecule has 0 aliphatic carbocycles. The Morgan fingerprint density at radius 3 is 2.52 bits per heavy atom. The Balaban J connectivity index is 1.32. The van der Waals surface area contributed by atoms with Crippen molar-refractivity contribution in [1.82, 2.24) is 10.3 Å². The van der Waals surface area contributed by atoms with Gasteiger partial charge < -0.3 is 9.73 Å². The molecule has 0 saturated carbocycles. The molecule has 33 heavy (non-hydrogen) atoms. The molecule has 0 radical (unpaired) electrons. The summed E-state index contributed by atoms with van der Waals surface area (Å²) < 4.78 is 6.64. The summed E-state index contributed by atoms with van der Waals surface area (Å²) in [5, 5.41) is 8.14. The first-order valence-electron chi connectivity index (χ1n) is 9.54. The van der Waals surface area contributed by atoms with Gasteiger partial charge in [0.2, 0.25) is 5.89 Å². The van der Waals surface area contributed by atoms with E-state index in [0.29, 0.717) is 42.6 Å². The van der Waals surface area contributed by atoms with Crippen LogP contribution in [0.15, 0.2) is 65.1 Å². The molecule has 3 aromatic carbocycles. The maximum atomic E-state index is 12.7. The summed E-state index contributed by atoms with van der Waals surface area (Å²) in [4.78, 5) is 17.6. The van der Waals surface area contributed by atoms with E-state index in [0.717, 1.165) is 15.6 Å². The second kappa shape index (κ2) is 8.93. The summed E-state index contributed by atoms with van der Waals surface area (Å²) in [7, 11) is 0. The zero-order valence-electron chi connectivity index (χ0n) is 16.5.